The molecule has 0 aliphatic rings. The van der Waals surface area contributed by atoms with Crippen molar-refractivity contribution in [3.8, 4) is 23.0 Å². The first-order valence-electron chi connectivity index (χ1n) is 9.25. The van der Waals surface area contributed by atoms with E-state index in [1.54, 1.807) is 44.6 Å². The summed E-state index contributed by atoms with van der Waals surface area (Å²) >= 11 is 1.25. The summed E-state index contributed by atoms with van der Waals surface area (Å²) in [6.45, 7) is 0. The molecule has 0 saturated carbocycles. The van der Waals surface area contributed by atoms with E-state index in [-0.39, 0.29) is 17.7 Å². The number of halogens is 1. The first-order chi connectivity index (χ1) is 15.5. The fraction of sp³-hybridized carbons (Fsp3) is 0.150. The molecule has 12 heteroatoms. The molecule has 4 aromatic rings. The minimum Gasteiger partial charge on any atom is -0.497 e. The van der Waals surface area contributed by atoms with E-state index in [1.165, 1.54) is 23.9 Å². The summed E-state index contributed by atoms with van der Waals surface area (Å²) in [4.78, 5) is 12.5. The topological polar surface area (TPSA) is 134 Å². The fourth-order valence-electron chi connectivity index (χ4n) is 2.66. The van der Waals surface area contributed by atoms with Gasteiger partial charge in [-0.2, -0.15) is 15.0 Å². The lowest BCUT2D eigenvalue weighted by atomic mass is 10.2. The first kappa shape index (κ1) is 21.3. The number of anilines is 3. The molecule has 164 valence electrons. The lowest BCUT2D eigenvalue weighted by Crippen LogP contribution is -2.06. The molecular formula is C20H18FN7O3S. The maximum atomic E-state index is 13.1. The van der Waals surface area contributed by atoms with E-state index in [0.717, 1.165) is 0 Å². The Morgan fingerprint density at radius 1 is 1.00 bits per heavy atom. The number of aromatic nitrogens is 5. The minimum absolute atomic E-state index is 0.0508. The van der Waals surface area contributed by atoms with Gasteiger partial charge in [-0.3, -0.25) is 0 Å². The van der Waals surface area contributed by atoms with Gasteiger partial charge in [-0.05, 0) is 36.4 Å². The summed E-state index contributed by atoms with van der Waals surface area (Å²) in [6.07, 6.45) is 0. The summed E-state index contributed by atoms with van der Waals surface area (Å²) in [5, 5.41) is 11.4. The van der Waals surface area contributed by atoms with Gasteiger partial charge in [0.2, 0.25) is 17.8 Å². The standard InChI is InChI=1S/C20H18FN7O3S/c1-29-14-7-11(8-15(9-14)30-2)17-27-28-20(31-17)32-10-16-24-18(22)26-19(25-16)23-13-5-3-12(21)4-6-13/h3-9H,10H2,1-2H3,(H3,22,23,24,25,26). The lowest BCUT2D eigenvalue weighted by Gasteiger charge is -2.07. The van der Waals surface area contributed by atoms with E-state index < -0.39 is 0 Å². The highest BCUT2D eigenvalue weighted by molar-refractivity contribution is 7.98. The maximum Gasteiger partial charge on any atom is 0.277 e. The van der Waals surface area contributed by atoms with Gasteiger partial charge in [0.1, 0.15) is 23.1 Å². The molecule has 4 rings (SSSR count). The first-order valence-corrected chi connectivity index (χ1v) is 10.2. The molecule has 0 fully saturated rings. The molecule has 2 aromatic carbocycles. The number of hydrogen-bond acceptors (Lipinski definition) is 11. The average molecular weight is 455 g/mol. The van der Waals surface area contributed by atoms with Gasteiger partial charge in [0, 0.05) is 17.3 Å². The van der Waals surface area contributed by atoms with Crippen LogP contribution in [0.3, 0.4) is 0 Å². The van der Waals surface area contributed by atoms with Crippen molar-refractivity contribution in [1.82, 2.24) is 25.1 Å². The summed E-state index contributed by atoms with van der Waals surface area (Å²) in [6, 6.07) is 11.1. The second kappa shape index (κ2) is 9.47. The van der Waals surface area contributed by atoms with E-state index in [2.05, 4.69) is 30.5 Å². The molecule has 0 radical (unpaired) electrons. The van der Waals surface area contributed by atoms with Gasteiger partial charge in [-0.25, -0.2) is 4.39 Å². The molecule has 0 spiro atoms. The van der Waals surface area contributed by atoms with Gasteiger partial charge >= 0.3 is 0 Å². The molecule has 2 aromatic heterocycles. The van der Waals surface area contributed by atoms with E-state index in [0.29, 0.717) is 45.4 Å². The van der Waals surface area contributed by atoms with Gasteiger partial charge in [0.05, 0.1) is 20.0 Å². The Balaban J connectivity index is 1.46. The third kappa shape index (κ3) is 5.21. The predicted octanol–water partition coefficient (Wildman–Crippen LogP) is 3.70. The second-order valence-corrected chi connectivity index (χ2v) is 7.26. The van der Waals surface area contributed by atoms with Crippen LogP contribution in [-0.4, -0.2) is 39.4 Å². The fourth-order valence-corrected chi connectivity index (χ4v) is 3.28. The van der Waals surface area contributed by atoms with Crippen LogP contribution in [0.4, 0.5) is 22.0 Å². The van der Waals surface area contributed by atoms with Gasteiger partial charge in [0.15, 0.2) is 0 Å². The van der Waals surface area contributed by atoms with Crippen molar-refractivity contribution in [1.29, 1.82) is 0 Å². The molecule has 0 amide bonds. The zero-order chi connectivity index (χ0) is 22.5. The van der Waals surface area contributed by atoms with Crippen LogP contribution in [0.25, 0.3) is 11.5 Å². The number of benzene rings is 2. The number of nitrogens with two attached hydrogens (primary N) is 1. The van der Waals surface area contributed by atoms with Crippen molar-refractivity contribution in [2.75, 3.05) is 25.3 Å². The number of nitrogens with one attached hydrogen (secondary N) is 1. The zero-order valence-corrected chi connectivity index (χ0v) is 17.9. The number of thioether (sulfide) groups is 1. The normalized spacial score (nSPS) is 10.7. The highest BCUT2D eigenvalue weighted by Crippen LogP contribution is 2.31. The van der Waals surface area contributed by atoms with Crippen LogP contribution in [0.5, 0.6) is 11.5 Å². The highest BCUT2D eigenvalue weighted by atomic mass is 32.2. The van der Waals surface area contributed by atoms with Crippen molar-refractivity contribution in [2.24, 2.45) is 0 Å². The summed E-state index contributed by atoms with van der Waals surface area (Å²) in [5.74, 6) is 2.21. The van der Waals surface area contributed by atoms with Crippen molar-refractivity contribution in [3.05, 3.63) is 54.1 Å². The van der Waals surface area contributed by atoms with Crippen LogP contribution in [0, 0.1) is 5.82 Å². The molecule has 0 unspecified atom stereocenters. The van der Waals surface area contributed by atoms with Crippen LogP contribution >= 0.6 is 11.8 Å². The number of rotatable bonds is 8. The van der Waals surface area contributed by atoms with Crippen LogP contribution in [0.2, 0.25) is 0 Å². The molecule has 2 heterocycles. The van der Waals surface area contributed by atoms with Crippen LogP contribution in [0.1, 0.15) is 5.82 Å². The second-order valence-electron chi connectivity index (χ2n) is 6.33. The number of methoxy groups -OCH3 is 2. The molecule has 0 aliphatic carbocycles. The third-order valence-corrected chi connectivity index (χ3v) is 4.94. The molecule has 10 nitrogen and oxygen atoms in total. The Hall–Kier alpha value is -3.93. The Morgan fingerprint density at radius 2 is 1.72 bits per heavy atom. The highest BCUT2D eigenvalue weighted by Gasteiger charge is 2.14. The van der Waals surface area contributed by atoms with Gasteiger partial charge < -0.3 is 24.9 Å². The molecule has 0 atom stereocenters. The van der Waals surface area contributed by atoms with Crippen molar-refractivity contribution < 1.29 is 18.3 Å². The summed E-state index contributed by atoms with van der Waals surface area (Å²) in [7, 11) is 3.13. The van der Waals surface area contributed by atoms with Crippen LogP contribution in [-0.2, 0) is 5.75 Å². The van der Waals surface area contributed by atoms with Gasteiger partial charge in [-0.15, -0.1) is 10.2 Å². The van der Waals surface area contributed by atoms with Gasteiger partial charge in [0.25, 0.3) is 5.22 Å². The quantitative estimate of drug-likeness (QED) is 0.377. The Bertz CT molecular complexity index is 1200. The maximum absolute atomic E-state index is 13.1. The predicted molar refractivity (Wildman–Crippen MR) is 116 cm³/mol. The molecule has 0 aliphatic heterocycles. The SMILES string of the molecule is COc1cc(OC)cc(-c2nnc(SCc3nc(N)nc(Nc4ccc(F)cc4)n3)o2)c1. The van der Waals surface area contributed by atoms with Crippen molar-refractivity contribution in [3.63, 3.8) is 0 Å². The van der Waals surface area contributed by atoms with E-state index in [4.69, 9.17) is 19.6 Å². The number of hydrogen-bond donors (Lipinski definition) is 2. The van der Waals surface area contributed by atoms with Crippen LogP contribution in [0.15, 0.2) is 52.1 Å². The Labute approximate surface area is 186 Å². The largest absolute Gasteiger partial charge is 0.497 e. The molecule has 0 saturated heterocycles. The average Bonchev–Trinajstić information content (AvgIpc) is 3.28. The summed E-state index contributed by atoms with van der Waals surface area (Å²) in [5.41, 5.74) is 7.07. The van der Waals surface area contributed by atoms with Gasteiger partial charge in [-0.1, -0.05) is 11.8 Å². The molecular weight excluding hydrogens is 437 g/mol. The zero-order valence-electron chi connectivity index (χ0n) is 17.1. The minimum atomic E-state index is -0.339. The van der Waals surface area contributed by atoms with Crippen LogP contribution < -0.4 is 20.5 Å². The molecule has 0 bridgehead atoms. The third-order valence-electron chi connectivity index (χ3n) is 4.13. The lowest BCUT2D eigenvalue weighted by molar-refractivity contribution is 0.394. The number of nitrogens with zero attached hydrogens (tertiary/aromatic N) is 5. The van der Waals surface area contributed by atoms with E-state index in [9.17, 15) is 4.39 Å². The smallest absolute Gasteiger partial charge is 0.277 e. The molecule has 32 heavy (non-hydrogen) atoms. The summed E-state index contributed by atoms with van der Waals surface area (Å²) < 4.78 is 29.3. The monoisotopic (exact) mass is 455 g/mol. The number of nitrogen functional groups attached to an aromatic ring is 1. The van der Waals surface area contributed by atoms with E-state index >= 15 is 0 Å². The van der Waals surface area contributed by atoms with Crippen molar-refractivity contribution >= 4 is 29.3 Å². The molecule has 3 N–H and O–H groups in total. The van der Waals surface area contributed by atoms with Crippen molar-refractivity contribution in [2.45, 2.75) is 11.0 Å². The Morgan fingerprint density at radius 3 is 2.41 bits per heavy atom. The Kier molecular flexibility index (Phi) is 6.31. The van der Waals surface area contributed by atoms with E-state index in [1.807, 2.05) is 0 Å². The number of ether oxygens (including phenoxy) is 2.